The Kier molecular flexibility index (Phi) is 3.90. The van der Waals surface area contributed by atoms with Crippen LogP contribution in [-0.4, -0.2) is 11.1 Å². The van der Waals surface area contributed by atoms with Gasteiger partial charge in [0, 0.05) is 17.5 Å². The first kappa shape index (κ1) is 13.6. The molecule has 1 aromatic heterocycles. The van der Waals surface area contributed by atoms with E-state index in [1.54, 1.807) is 19.9 Å². The molecule has 0 fully saturated rings. The Morgan fingerprint density at radius 2 is 2.05 bits per heavy atom. The third-order valence-electron chi connectivity index (χ3n) is 2.82. The molecule has 0 saturated carbocycles. The Bertz CT molecular complexity index is 587. The van der Waals surface area contributed by atoms with Crippen molar-refractivity contribution in [1.82, 2.24) is 5.16 Å². The summed E-state index contributed by atoms with van der Waals surface area (Å²) in [5.41, 5.74) is 2.14. The fourth-order valence-corrected chi connectivity index (χ4v) is 2.23. The van der Waals surface area contributed by atoms with Gasteiger partial charge < -0.3 is 9.26 Å². The number of halogens is 1. The zero-order valence-electron chi connectivity index (χ0n) is 10.9. The van der Waals surface area contributed by atoms with Crippen LogP contribution >= 0.6 is 11.6 Å². The lowest BCUT2D eigenvalue weighted by molar-refractivity contribution is -0.144. The molecule has 0 saturated heterocycles. The third kappa shape index (κ3) is 2.79. The SMILES string of the molecule is CC(=O)OC(c1ccccc1Cl)c1c(C)noc1C. The maximum atomic E-state index is 11.3. The van der Waals surface area contributed by atoms with Gasteiger partial charge in [-0.05, 0) is 19.9 Å². The molecular weight excluding hydrogens is 266 g/mol. The quantitative estimate of drug-likeness (QED) is 0.806. The Morgan fingerprint density at radius 3 is 2.58 bits per heavy atom. The second-order valence-corrected chi connectivity index (χ2v) is 4.66. The van der Waals surface area contributed by atoms with Gasteiger partial charge in [-0.3, -0.25) is 4.79 Å². The Labute approximate surface area is 116 Å². The van der Waals surface area contributed by atoms with Crippen LogP contribution < -0.4 is 0 Å². The fraction of sp³-hybridized carbons (Fsp3) is 0.286. The van der Waals surface area contributed by atoms with Gasteiger partial charge in [-0.15, -0.1) is 0 Å². The van der Waals surface area contributed by atoms with Crippen LogP contribution in [0.15, 0.2) is 28.8 Å². The van der Waals surface area contributed by atoms with Gasteiger partial charge in [-0.1, -0.05) is 35.0 Å². The Balaban J connectivity index is 2.54. The molecule has 0 aliphatic rings. The summed E-state index contributed by atoms with van der Waals surface area (Å²) in [4.78, 5) is 11.3. The fourth-order valence-electron chi connectivity index (χ4n) is 2.00. The van der Waals surface area contributed by atoms with Crippen molar-refractivity contribution in [1.29, 1.82) is 0 Å². The van der Waals surface area contributed by atoms with Crippen LogP contribution in [0, 0.1) is 13.8 Å². The van der Waals surface area contributed by atoms with Crippen LogP contribution in [0.5, 0.6) is 0 Å². The second kappa shape index (κ2) is 5.45. The first-order valence-corrected chi connectivity index (χ1v) is 6.23. The Morgan fingerprint density at radius 1 is 1.37 bits per heavy atom. The normalized spacial score (nSPS) is 12.2. The maximum absolute atomic E-state index is 11.3. The van der Waals surface area contributed by atoms with Crippen LogP contribution in [0.3, 0.4) is 0 Å². The first-order valence-electron chi connectivity index (χ1n) is 5.85. The number of ether oxygens (including phenoxy) is 1. The van der Waals surface area contributed by atoms with Crippen molar-refractivity contribution in [2.75, 3.05) is 0 Å². The van der Waals surface area contributed by atoms with Crippen LogP contribution in [-0.2, 0) is 9.53 Å². The summed E-state index contributed by atoms with van der Waals surface area (Å²) in [6, 6.07) is 7.24. The van der Waals surface area contributed by atoms with Crippen molar-refractivity contribution in [2.45, 2.75) is 26.9 Å². The van der Waals surface area contributed by atoms with E-state index in [4.69, 9.17) is 20.9 Å². The molecule has 0 radical (unpaired) electrons. The number of carbonyl (C=O) groups excluding carboxylic acids is 1. The number of esters is 1. The van der Waals surface area contributed by atoms with E-state index in [2.05, 4.69) is 5.16 Å². The molecular formula is C14H14ClNO3. The summed E-state index contributed by atoms with van der Waals surface area (Å²) in [5.74, 6) is 0.230. The monoisotopic (exact) mass is 279 g/mol. The molecule has 1 unspecified atom stereocenters. The lowest BCUT2D eigenvalue weighted by Gasteiger charge is -2.18. The average molecular weight is 280 g/mol. The number of benzene rings is 1. The van der Waals surface area contributed by atoms with Crippen molar-refractivity contribution in [2.24, 2.45) is 0 Å². The number of aryl methyl sites for hydroxylation is 2. The largest absolute Gasteiger partial charge is 0.452 e. The lowest BCUT2D eigenvalue weighted by Crippen LogP contribution is -2.12. The van der Waals surface area contributed by atoms with Gasteiger partial charge in [-0.2, -0.15) is 0 Å². The van der Waals surface area contributed by atoms with E-state index in [1.165, 1.54) is 6.92 Å². The minimum absolute atomic E-state index is 0.384. The highest BCUT2D eigenvalue weighted by Crippen LogP contribution is 2.34. The summed E-state index contributed by atoms with van der Waals surface area (Å²) in [6.45, 7) is 4.95. The molecule has 2 rings (SSSR count). The average Bonchev–Trinajstić information content (AvgIpc) is 2.67. The maximum Gasteiger partial charge on any atom is 0.303 e. The molecule has 2 aromatic rings. The summed E-state index contributed by atoms with van der Waals surface area (Å²) >= 11 is 6.18. The van der Waals surface area contributed by atoms with E-state index >= 15 is 0 Å². The molecule has 0 bridgehead atoms. The highest BCUT2D eigenvalue weighted by atomic mass is 35.5. The topological polar surface area (TPSA) is 52.3 Å². The molecule has 1 atom stereocenters. The minimum atomic E-state index is -0.600. The number of hydrogen-bond donors (Lipinski definition) is 0. The number of carbonyl (C=O) groups is 1. The van der Waals surface area contributed by atoms with Gasteiger partial charge in [-0.25, -0.2) is 0 Å². The summed E-state index contributed by atoms with van der Waals surface area (Å²) in [7, 11) is 0. The molecule has 4 nitrogen and oxygen atoms in total. The molecule has 0 spiro atoms. The number of rotatable bonds is 3. The van der Waals surface area contributed by atoms with Gasteiger partial charge in [0.1, 0.15) is 5.76 Å². The molecule has 0 N–H and O–H groups in total. The van der Waals surface area contributed by atoms with Crippen molar-refractivity contribution in [3.05, 3.63) is 51.9 Å². The van der Waals surface area contributed by atoms with Gasteiger partial charge in [0.25, 0.3) is 0 Å². The van der Waals surface area contributed by atoms with E-state index in [0.717, 1.165) is 5.56 Å². The summed E-state index contributed by atoms with van der Waals surface area (Å²) in [6.07, 6.45) is -0.600. The van der Waals surface area contributed by atoms with E-state index in [0.29, 0.717) is 22.0 Å². The van der Waals surface area contributed by atoms with Crippen LogP contribution in [0.25, 0.3) is 0 Å². The zero-order chi connectivity index (χ0) is 14.0. The zero-order valence-corrected chi connectivity index (χ0v) is 11.7. The van der Waals surface area contributed by atoms with Gasteiger partial charge in [0.15, 0.2) is 6.10 Å². The molecule has 100 valence electrons. The van der Waals surface area contributed by atoms with E-state index < -0.39 is 6.10 Å². The van der Waals surface area contributed by atoms with Gasteiger partial charge in [0.2, 0.25) is 0 Å². The second-order valence-electron chi connectivity index (χ2n) is 4.25. The predicted octanol–water partition coefficient (Wildman–Crippen LogP) is 3.60. The highest BCUT2D eigenvalue weighted by Gasteiger charge is 2.26. The highest BCUT2D eigenvalue weighted by molar-refractivity contribution is 6.31. The van der Waals surface area contributed by atoms with Crippen molar-refractivity contribution >= 4 is 17.6 Å². The van der Waals surface area contributed by atoms with Crippen molar-refractivity contribution in [3.63, 3.8) is 0 Å². The van der Waals surface area contributed by atoms with E-state index in [1.807, 2.05) is 18.2 Å². The van der Waals surface area contributed by atoms with Crippen LogP contribution in [0.4, 0.5) is 0 Å². The van der Waals surface area contributed by atoms with E-state index in [-0.39, 0.29) is 5.97 Å². The molecule has 5 heteroatoms. The van der Waals surface area contributed by atoms with Crippen LogP contribution in [0.1, 0.15) is 35.6 Å². The minimum Gasteiger partial charge on any atom is -0.452 e. The van der Waals surface area contributed by atoms with Crippen LogP contribution in [0.2, 0.25) is 5.02 Å². The first-order chi connectivity index (χ1) is 9.00. The molecule has 0 aliphatic carbocycles. The standard InChI is InChI=1S/C14H14ClNO3/c1-8-13(9(2)19-16-8)14(18-10(3)17)11-6-4-5-7-12(11)15/h4-7,14H,1-3H3. The smallest absolute Gasteiger partial charge is 0.303 e. The molecule has 19 heavy (non-hydrogen) atoms. The molecule has 1 heterocycles. The van der Waals surface area contributed by atoms with Gasteiger partial charge in [0.05, 0.1) is 11.3 Å². The molecule has 0 amide bonds. The summed E-state index contributed by atoms with van der Waals surface area (Å²) in [5, 5.41) is 4.43. The molecule has 1 aromatic carbocycles. The Hall–Kier alpha value is -1.81. The van der Waals surface area contributed by atoms with Gasteiger partial charge >= 0.3 is 5.97 Å². The predicted molar refractivity (Wildman–Crippen MR) is 71.0 cm³/mol. The number of nitrogens with zero attached hydrogens (tertiary/aromatic N) is 1. The third-order valence-corrected chi connectivity index (χ3v) is 3.17. The van der Waals surface area contributed by atoms with Crippen molar-refractivity contribution < 1.29 is 14.1 Å². The summed E-state index contributed by atoms with van der Waals surface area (Å²) < 4.78 is 10.5. The number of aromatic nitrogens is 1. The van der Waals surface area contributed by atoms with Crippen molar-refractivity contribution in [3.8, 4) is 0 Å². The number of hydrogen-bond acceptors (Lipinski definition) is 4. The van der Waals surface area contributed by atoms with E-state index in [9.17, 15) is 4.79 Å². The molecule has 0 aliphatic heterocycles. The lowest BCUT2D eigenvalue weighted by atomic mass is 10.00.